The summed E-state index contributed by atoms with van der Waals surface area (Å²) >= 11 is 2.12. The van der Waals surface area contributed by atoms with Crippen molar-refractivity contribution in [1.82, 2.24) is 0 Å². The number of unbranched alkanes of at least 4 members (excludes halogenated alkanes) is 2. The van der Waals surface area contributed by atoms with E-state index in [0.29, 0.717) is 0 Å². The molecule has 0 radical (unpaired) electrons. The maximum absolute atomic E-state index is 2.41. The average molecular weight is 226 g/mol. The van der Waals surface area contributed by atoms with Crippen LogP contribution in [0.15, 0.2) is 10.5 Å². The second-order valence-corrected chi connectivity index (χ2v) is 6.35. The van der Waals surface area contributed by atoms with Gasteiger partial charge in [-0.15, -0.1) is 11.8 Å². The van der Waals surface area contributed by atoms with E-state index >= 15 is 0 Å². The molecule has 0 saturated heterocycles. The summed E-state index contributed by atoms with van der Waals surface area (Å²) in [6.07, 6.45) is 8.22. The highest BCUT2D eigenvalue weighted by atomic mass is 32.2. The zero-order chi connectivity index (χ0) is 11.3. The third-order valence-electron chi connectivity index (χ3n) is 3.50. The molecule has 0 fully saturated rings. The van der Waals surface area contributed by atoms with Crippen LogP contribution in [-0.2, 0) is 0 Å². The minimum absolute atomic E-state index is 0.836. The molecule has 1 aliphatic rings. The molecule has 88 valence electrons. The van der Waals surface area contributed by atoms with Gasteiger partial charge in [-0.2, -0.15) is 0 Å². The topological polar surface area (TPSA) is 0 Å². The van der Waals surface area contributed by atoms with E-state index in [0.717, 1.165) is 11.2 Å². The van der Waals surface area contributed by atoms with Gasteiger partial charge in [-0.25, -0.2) is 0 Å². The summed E-state index contributed by atoms with van der Waals surface area (Å²) in [4.78, 5) is 1.64. The van der Waals surface area contributed by atoms with Gasteiger partial charge in [0.1, 0.15) is 0 Å². The smallest absolute Gasteiger partial charge is 0.0129 e. The highest BCUT2D eigenvalue weighted by Gasteiger charge is 2.29. The standard InChI is InChI=1S/C14H26S/c1-5-7-9-13-11(3)15-12(4)14(13)10-8-6-2/h11,13H,5-10H2,1-4H3. The summed E-state index contributed by atoms with van der Waals surface area (Å²) in [6.45, 7) is 9.34. The first-order chi connectivity index (χ1) is 7.20. The zero-order valence-electron chi connectivity index (χ0n) is 10.8. The molecule has 0 nitrogen and oxygen atoms in total. The molecule has 2 unspecified atom stereocenters. The molecular weight excluding hydrogens is 200 g/mol. The minimum Gasteiger partial charge on any atom is -0.127 e. The van der Waals surface area contributed by atoms with Crippen molar-refractivity contribution >= 4 is 11.8 Å². The van der Waals surface area contributed by atoms with E-state index in [1.165, 1.54) is 38.5 Å². The Labute approximate surface area is 99.9 Å². The lowest BCUT2D eigenvalue weighted by Gasteiger charge is -2.18. The first-order valence-corrected chi connectivity index (χ1v) is 7.44. The molecule has 0 saturated carbocycles. The van der Waals surface area contributed by atoms with Crippen molar-refractivity contribution in [3.63, 3.8) is 0 Å². The van der Waals surface area contributed by atoms with Gasteiger partial charge in [-0.3, -0.25) is 0 Å². The van der Waals surface area contributed by atoms with Gasteiger partial charge in [-0.1, -0.05) is 45.6 Å². The van der Waals surface area contributed by atoms with Crippen LogP contribution >= 0.6 is 11.8 Å². The van der Waals surface area contributed by atoms with Gasteiger partial charge in [0.05, 0.1) is 0 Å². The van der Waals surface area contributed by atoms with Crippen molar-refractivity contribution < 1.29 is 0 Å². The van der Waals surface area contributed by atoms with E-state index in [9.17, 15) is 0 Å². The quantitative estimate of drug-likeness (QED) is 0.585. The van der Waals surface area contributed by atoms with Crippen molar-refractivity contribution in [2.45, 2.75) is 71.5 Å². The lowest BCUT2D eigenvalue weighted by molar-refractivity contribution is 0.511. The van der Waals surface area contributed by atoms with Crippen molar-refractivity contribution in [3.05, 3.63) is 10.5 Å². The van der Waals surface area contributed by atoms with E-state index < -0.39 is 0 Å². The molecule has 15 heavy (non-hydrogen) atoms. The highest BCUT2D eigenvalue weighted by molar-refractivity contribution is 8.03. The SMILES string of the molecule is CCCCC1=C(C)SC(C)C1CCCC. The van der Waals surface area contributed by atoms with Crippen LogP contribution < -0.4 is 0 Å². The Hall–Kier alpha value is 0.0900. The minimum atomic E-state index is 0.836. The molecule has 2 atom stereocenters. The van der Waals surface area contributed by atoms with Gasteiger partial charge in [0.15, 0.2) is 0 Å². The molecule has 1 rings (SSSR count). The Morgan fingerprint density at radius 2 is 1.80 bits per heavy atom. The lowest BCUT2D eigenvalue weighted by atomic mass is 9.88. The Bertz CT molecular complexity index is 217. The summed E-state index contributed by atoms with van der Waals surface area (Å²) in [5, 5.41) is 0.836. The van der Waals surface area contributed by atoms with E-state index in [1.54, 1.807) is 10.5 Å². The normalized spacial score (nSPS) is 26.4. The van der Waals surface area contributed by atoms with E-state index in [1.807, 2.05) is 0 Å². The third kappa shape index (κ3) is 3.55. The fourth-order valence-electron chi connectivity index (χ4n) is 2.54. The first kappa shape index (κ1) is 13.2. The molecule has 0 amide bonds. The molecule has 0 aromatic heterocycles. The summed E-state index contributed by atoms with van der Waals surface area (Å²) in [7, 11) is 0. The number of allylic oxidation sites excluding steroid dienone is 2. The summed E-state index contributed by atoms with van der Waals surface area (Å²) in [6, 6.07) is 0. The fraction of sp³-hybridized carbons (Fsp3) is 0.857. The van der Waals surface area contributed by atoms with Crippen LogP contribution in [0, 0.1) is 5.92 Å². The van der Waals surface area contributed by atoms with Crippen LogP contribution in [0.3, 0.4) is 0 Å². The molecule has 0 spiro atoms. The molecule has 1 heterocycles. The third-order valence-corrected chi connectivity index (χ3v) is 4.81. The summed E-state index contributed by atoms with van der Waals surface area (Å²) in [5.41, 5.74) is 1.79. The van der Waals surface area contributed by atoms with Gasteiger partial charge in [-0.05, 0) is 37.0 Å². The molecule has 1 aliphatic heterocycles. The van der Waals surface area contributed by atoms with Crippen molar-refractivity contribution in [3.8, 4) is 0 Å². The second-order valence-electron chi connectivity index (χ2n) is 4.76. The maximum atomic E-state index is 2.41. The molecule has 0 bridgehead atoms. The molecule has 0 aromatic rings. The summed E-state index contributed by atoms with van der Waals surface area (Å²) < 4.78 is 0. The van der Waals surface area contributed by atoms with Crippen LogP contribution in [0.25, 0.3) is 0 Å². The monoisotopic (exact) mass is 226 g/mol. The predicted molar refractivity (Wildman–Crippen MR) is 72.3 cm³/mol. The van der Waals surface area contributed by atoms with Crippen LogP contribution in [-0.4, -0.2) is 5.25 Å². The highest BCUT2D eigenvalue weighted by Crippen LogP contribution is 2.45. The number of thioether (sulfide) groups is 1. The van der Waals surface area contributed by atoms with Crippen LogP contribution in [0.2, 0.25) is 0 Å². The Balaban J connectivity index is 2.56. The van der Waals surface area contributed by atoms with E-state index in [-0.39, 0.29) is 0 Å². The van der Waals surface area contributed by atoms with Crippen molar-refractivity contribution in [2.24, 2.45) is 5.92 Å². The van der Waals surface area contributed by atoms with Crippen LogP contribution in [0.1, 0.15) is 66.2 Å². The number of hydrogen-bond donors (Lipinski definition) is 0. The van der Waals surface area contributed by atoms with Crippen LogP contribution in [0.4, 0.5) is 0 Å². The molecular formula is C14H26S. The Kier molecular flexibility index (Phi) is 5.81. The van der Waals surface area contributed by atoms with Crippen molar-refractivity contribution in [2.75, 3.05) is 0 Å². The van der Waals surface area contributed by atoms with E-state index in [4.69, 9.17) is 0 Å². The fourth-order valence-corrected chi connectivity index (χ4v) is 3.97. The van der Waals surface area contributed by atoms with Crippen LogP contribution in [0.5, 0.6) is 0 Å². The maximum Gasteiger partial charge on any atom is 0.0129 e. The Morgan fingerprint density at radius 3 is 2.40 bits per heavy atom. The molecule has 0 N–H and O–H groups in total. The van der Waals surface area contributed by atoms with Gasteiger partial charge in [0, 0.05) is 5.25 Å². The first-order valence-electron chi connectivity index (χ1n) is 6.57. The molecule has 0 aromatic carbocycles. The molecule has 1 heteroatoms. The average Bonchev–Trinajstić information content (AvgIpc) is 2.47. The lowest BCUT2D eigenvalue weighted by Crippen LogP contribution is -2.11. The Morgan fingerprint density at radius 1 is 1.13 bits per heavy atom. The van der Waals surface area contributed by atoms with Gasteiger partial charge in [0.25, 0.3) is 0 Å². The molecule has 0 aliphatic carbocycles. The van der Waals surface area contributed by atoms with Gasteiger partial charge < -0.3 is 0 Å². The van der Waals surface area contributed by atoms with Crippen molar-refractivity contribution in [1.29, 1.82) is 0 Å². The zero-order valence-corrected chi connectivity index (χ0v) is 11.6. The van der Waals surface area contributed by atoms with Gasteiger partial charge >= 0.3 is 0 Å². The predicted octanol–water partition coefficient (Wildman–Crippen LogP) is 5.39. The number of hydrogen-bond acceptors (Lipinski definition) is 1. The van der Waals surface area contributed by atoms with E-state index in [2.05, 4.69) is 39.5 Å². The van der Waals surface area contributed by atoms with Gasteiger partial charge in [0.2, 0.25) is 0 Å². The largest absolute Gasteiger partial charge is 0.127 e. The second kappa shape index (κ2) is 6.62. The number of rotatable bonds is 6. The summed E-state index contributed by atoms with van der Waals surface area (Å²) in [5.74, 6) is 0.890.